The first kappa shape index (κ1) is 7.10. The summed E-state index contributed by atoms with van der Waals surface area (Å²) in [6, 6.07) is 0. The van der Waals surface area contributed by atoms with Gasteiger partial charge in [-0.1, -0.05) is 12.8 Å². The third kappa shape index (κ3) is 1.25. The summed E-state index contributed by atoms with van der Waals surface area (Å²) in [5.74, 6) is -0.0153. The number of hydrogen-bond acceptors (Lipinski definition) is 3. The number of ether oxygens (including phenoxy) is 2. The average molecular weight is 156 g/mol. The van der Waals surface area contributed by atoms with Crippen LogP contribution in [0, 0.1) is 5.92 Å². The van der Waals surface area contributed by atoms with Crippen LogP contribution in [0.1, 0.15) is 25.7 Å². The number of esters is 1. The second-order valence-electron chi connectivity index (χ2n) is 3.18. The highest BCUT2D eigenvalue weighted by molar-refractivity contribution is 5.73. The molecule has 11 heavy (non-hydrogen) atoms. The zero-order valence-electron chi connectivity index (χ0n) is 6.41. The largest absolute Gasteiger partial charge is 0.438 e. The Labute approximate surface area is 65.7 Å². The summed E-state index contributed by atoms with van der Waals surface area (Å²) in [4.78, 5) is 11.1. The van der Waals surface area contributed by atoms with Crippen LogP contribution in [0.15, 0.2) is 0 Å². The molecule has 1 saturated carbocycles. The van der Waals surface area contributed by atoms with Crippen molar-refractivity contribution >= 4 is 5.97 Å². The van der Waals surface area contributed by atoms with Crippen LogP contribution in [-0.4, -0.2) is 18.9 Å². The molecule has 2 rings (SSSR count). The Morgan fingerprint density at radius 2 is 2.09 bits per heavy atom. The molecule has 0 radical (unpaired) electrons. The lowest BCUT2D eigenvalue weighted by atomic mass is 9.86. The van der Waals surface area contributed by atoms with Crippen molar-refractivity contribution in [1.29, 1.82) is 0 Å². The maximum absolute atomic E-state index is 11.1. The molecule has 3 nitrogen and oxygen atoms in total. The van der Waals surface area contributed by atoms with Crippen molar-refractivity contribution in [2.75, 3.05) is 6.79 Å². The van der Waals surface area contributed by atoms with Crippen LogP contribution in [-0.2, 0) is 14.3 Å². The van der Waals surface area contributed by atoms with Gasteiger partial charge in [-0.15, -0.1) is 0 Å². The Kier molecular flexibility index (Phi) is 1.82. The van der Waals surface area contributed by atoms with Crippen LogP contribution in [0.4, 0.5) is 0 Å². The molecule has 1 saturated heterocycles. The fourth-order valence-corrected chi connectivity index (χ4v) is 1.85. The number of fused-ring (bicyclic) bond motifs is 1. The molecule has 1 aliphatic heterocycles. The zero-order valence-corrected chi connectivity index (χ0v) is 6.41. The van der Waals surface area contributed by atoms with Gasteiger partial charge in [0.05, 0.1) is 12.0 Å². The summed E-state index contributed by atoms with van der Waals surface area (Å²) in [6.07, 6.45) is 4.46. The molecule has 0 bridgehead atoms. The van der Waals surface area contributed by atoms with E-state index in [2.05, 4.69) is 0 Å². The normalized spacial score (nSPS) is 37.6. The van der Waals surface area contributed by atoms with Gasteiger partial charge < -0.3 is 9.47 Å². The van der Waals surface area contributed by atoms with Gasteiger partial charge in [0.2, 0.25) is 0 Å². The molecule has 2 fully saturated rings. The standard InChI is InChI=1S/C8H12O3/c9-8-6-3-1-2-4-7(6)10-5-11-8/h6-7H,1-5H2. The lowest BCUT2D eigenvalue weighted by Gasteiger charge is -2.33. The first-order chi connectivity index (χ1) is 5.38. The van der Waals surface area contributed by atoms with E-state index < -0.39 is 0 Å². The minimum absolute atomic E-state index is 0.0394. The zero-order chi connectivity index (χ0) is 7.68. The molecule has 0 aromatic carbocycles. The van der Waals surface area contributed by atoms with Crippen molar-refractivity contribution in [3.05, 3.63) is 0 Å². The Bertz CT molecular complexity index is 165. The third-order valence-corrected chi connectivity index (χ3v) is 2.49. The molecule has 0 N–H and O–H groups in total. The monoisotopic (exact) mass is 156 g/mol. The fourth-order valence-electron chi connectivity index (χ4n) is 1.85. The predicted octanol–water partition coefficient (Wildman–Crippen LogP) is 1.08. The van der Waals surface area contributed by atoms with Gasteiger partial charge in [-0.25, -0.2) is 0 Å². The Morgan fingerprint density at radius 1 is 1.27 bits per heavy atom. The van der Waals surface area contributed by atoms with E-state index in [1.54, 1.807) is 0 Å². The van der Waals surface area contributed by atoms with E-state index in [0.717, 1.165) is 19.3 Å². The van der Waals surface area contributed by atoms with Gasteiger partial charge in [0.25, 0.3) is 0 Å². The van der Waals surface area contributed by atoms with Gasteiger partial charge in [-0.3, -0.25) is 4.79 Å². The average Bonchev–Trinajstić information content (AvgIpc) is 2.06. The lowest BCUT2D eigenvalue weighted by Crippen LogP contribution is -2.40. The molecular formula is C8H12O3. The molecule has 62 valence electrons. The fraction of sp³-hybridized carbons (Fsp3) is 0.875. The van der Waals surface area contributed by atoms with Gasteiger partial charge in [-0.05, 0) is 12.8 Å². The van der Waals surface area contributed by atoms with Crippen LogP contribution in [0.25, 0.3) is 0 Å². The van der Waals surface area contributed by atoms with Crippen molar-refractivity contribution in [1.82, 2.24) is 0 Å². The molecular weight excluding hydrogens is 144 g/mol. The molecule has 2 unspecified atom stereocenters. The molecule has 1 heterocycles. The molecule has 0 spiro atoms. The van der Waals surface area contributed by atoms with Crippen LogP contribution in [0.5, 0.6) is 0 Å². The van der Waals surface area contributed by atoms with Crippen LogP contribution in [0.3, 0.4) is 0 Å². The third-order valence-electron chi connectivity index (χ3n) is 2.49. The summed E-state index contributed by atoms with van der Waals surface area (Å²) in [5, 5.41) is 0. The Balaban J connectivity index is 2.05. The smallest absolute Gasteiger partial charge is 0.313 e. The van der Waals surface area contributed by atoms with E-state index in [9.17, 15) is 4.79 Å². The second kappa shape index (κ2) is 2.81. The Morgan fingerprint density at radius 3 is 2.91 bits per heavy atom. The van der Waals surface area contributed by atoms with Gasteiger partial charge in [0, 0.05) is 0 Å². The highest BCUT2D eigenvalue weighted by Crippen LogP contribution is 2.30. The molecule has 0 aromatic rings. The van der Waals surface area contributed by atoms with Crippen LogP contribution in [0.2, 0.25) is 0 Å². The van der Waals surface area contributed by atoms with Crippen molar-refractivity contribution in [2.45, 2.75) is 31.8 Å². The Hall–Kier alpha value is -0.570. The first-order valence-corrected chi connectivity index (χ1v) is 4.16. The predicted molar refractivity (Wildman–Crippen MR) is 37.8 cm³/mol. The van der Waals surface area contributed by atoms with Crippen molar-refractivity contribution in [2.24, 2.45) is 5.92 Å². The molecule has 2 aliphatic rings. The maximum Gasteiger partial charge on any atom is 0.313 e. The van der Waals surface area contributed by atoms with E-state index >= 15 is 0 Å². The van der Waals surface area contributed by atoms with E-state index in [4.69, 9.17) is 9.47 Å². The van der Waals surface area contributed by atoms with Crippen molar-refractivity contribution in [3.8, 4) is 0 Å². The minimum Gasteiger partial charge on any atom is -0.438 e. The van der Waals surface area contributed by atoms with Gasteiger partial charge >= 0.3 is 5.97 Å². The topological polar surface area (TPSA) is 35.5 Å². The minimum atomic E-state index is -0.0547. The van der Waals surface area contributed by atoms with E-state index in [-0.39, 0.29) is 24.8 Å². The summed E-state index contributed by atoms with van der Waals surface area (Å²) in [7, 11) is 0. The molecule has 0 aromatic heterocycles. The van der Waals surface area contributed by atoms with E-state index in [0.29, 0.717) is 0 Å². The summed E-state index contributed by atoms with van der Waals surface area (Å²) in [5.41, 5.74) is 0. The van der Waals surface area contributed by atoms with Crippen molar-refractivity contribution < 1.29 is 14.3 Å². The summed E-state index contributed by atoms with van der Waals surface area (Å²) in [6.45, 7) is 0.167. The first-order valence-electron chi connectivity index (χ1n) is 4.16. The van der Waals surface area contributed by atoms with Crippen LogP contribution < -0.4 is 0 Å². The van der Waals surface area contributed by atoms with Crippen molar-refractivity contribution in [3.63, 3.8) is 0 Å². The maximum atomic E-state index is 11.1. The molecule has 3 heteroatoms. The van der Waals surface area contributed by atoms with Gasteiger partial charge in [0.1, 0.15) is 0 Å². The van der Waals surface area contributed by atoms with Gasteiger partial charge in [-0.2, -0.15) is 0 Å². The molecule has 1 aliphatic carbocycles. The highest BCUT2D eigenvalue weighted by Gasteiger charge is 2.36. The number of rotatable bonds is 0. The summed E-state index contributed by atoms with van der Waals surface area (Å²) >= 11 is 0. The number of carbonyl (C=O) groups excluding carboxylic acids is 1. The molecule has 0 amide bonds. The van der Waals surface area contributed by atoms with Crippen LogP contribution >= 0.6 is 0 Å². The number of carbonyl (C=O) groups is 1. The highest BCUT2D eigenvalue weighted by atomic mass is 16.7. The number of cyclic esters (lactones) is 1. The molecule has 2 atom stereocenters. The quantitative estimate of drug-likeness (QED) is 0.492. The van der Waals surface area contributed by atoms with Gasteiger partial charge in [0.15, 0.2) is 6.79 Å². The van der Waals surface area contributed by atoms with E-state index in [1.807, 2.05) is 0 Å². The van der Waals surface area contributed by atoms with E-state index in [1.165, 1.54) is 6.42 Å². The lowest BCUT2D eigenvalue weighted by molar-refractivity contribution is -0.199. The SMILES string of the molecule is O=C1OCOC2CCCCC12. The second-order valence-corrected chi connectivity index (χ2v) is 3.18. The summed E-state index contributed by atoms with van der Waals surface area (Å²) < 4.78 is 10.1. The number of hydrogen-bond donors (Lipinski definition) is 0.